The molecular formula is C21H24I2N2O2. The van der Waals surface area contributed by atoms with Crippen LogP contribution in [0, 0.1) is 7.14 Å². The number of nitrogens with zero attached hydrogens (tertiary/aromatic N) is 2. The number of phenolic OH excluding ortho intramolecular Hbond substituents is 2. The number of aliphatic imine (C=N–C) groups is 2. The quantitative estimate of drug-likeness (QED) is 0.209. The van der Waals surface area contributed by atoms with E-state index in [1.54, 1.807) is 24.6 Å². The number of benzene rings is 2. The van der Waals surface area contributed by atoms with Crippen molar-refractivity contribution >= 4 is 57.6 Å². The molecule has 0 aromatic heterocycles. The molecule has 27 heavy (non-hydrogen) atoms. The van der Waals surface area contributed by atoms with Gasteiger partial charge >= 0.3 is 0 Å². The third-order valence-corrected chi connectivity index (χ3v) is 5.36. The fraction of sp³-hybridized carbons (Fsp3) is 0.333. The Hall–Kier alpha value is -1.16. The number of hydrogen-bond donors (Lipinski definition) is 2. The Balaban J connectivity index is 1.55. The van der Waals surface area contributed by atoms with E-state index in [4.69, 9.17) is 0 Å². The maximum absolute atomic E-state index is 9.76. The van der Waals surface area contributed by atoms with Gasteiger partial charge in [-0.05, 0) is 94.4 Å². The number of unbranched alkanes of at least 4 members (excludes halogenated alkanes) is 4. The summed E-state index contributed by atoms with van der Waals surface area (Å²) in [5.74, 6) is 0.552. The first-order chi connectivity index (χ1) is 13.1. The number of rotatable bonds is 10. The molecule has 0 saturated carbocycles. The molecule has 0 spiro atoms. The van der Waals surface area contributed by atoms with Crippen molar-refractivity contribution in [3.8, 4) is 11.5 Å². The van der Waals surface area contributed by atoms with E-state index in [2.05, 4.69) is 55.2 Å². The van der Waals surface area contributed by atoms with Crippen LogP contribution in [0.1, 0.15) is 43.2 Å². The van der Waals surface area contributed by atoms with Crippen molar-refractivity contribution < 1.29 is 10.2 Å². The summed E-state index contributed by atoms with van der Waals surface area (Å²) in [4.78, 5) is 8.81. The molecule has 0 aliphatic heterocycles. The SMILES string of the molecule is Oc1ccc(I)cc1C=NCCCCCCCN=Cc1cc(I)ccc1O. The van der Waals surface area contributed by atoms with Crippen LogP contribution in [0.15, 0.2) is 46.4 Å². The van der Waals surface area contributed by atoms with Crippen LogP contribution in [0.5, 0.6) is 11.5 Å². The fourth-order valence-corrected chi connectivity index (χ4v) is 3.55. The summed E-state index contributed by atoms with van der Waals surface area (Å²) in [6.07, 6.45) is 9.10. The maximum atomic E-state index is 9.76. The van der Waals surface area contributed by atoms with Crippen molar-refractivity contribution in [2.75, 3.05) is 13.1 Å². The molecule has 2 rings (SSSR count). The molecule has 0 aliphatic carbocycles. The van der Waals surface area contributed by atoms with Crippen molar-refractivity contribution in [1.29, 1.82) is 0 Å². The van der Waals surface area contributed by atoms with Gasteiger partial charge < -0.3 is 10.2 Å². The van der Waals surface area contributed by atoms with Crippen LogP contribution in [-0.2, 0) is 0 Å². The van der Waals surface area contributed by atoms with E-state index >= 15 is 0 Å². The second-order valence-corrected chi connectivity index (χ2v) is 8.74. The van der Waals surface area contributed by atoms with E-state index in [-0.39, 0.29) is 11.5 Å². The summed E-state index contributed by atoms with van der Waals surface area (Å²) in [5.41, 5.74) is 1.55. The minimum atomic E-state index is 0.276. The lowest BCUT2D eigenvalue weighted by Gasteiger charge is -2.01. The molecule has 2 N–H and O–H groups in total. The third kappa shape index (κ3) is 8.59. The van der Waals surface area contributed by atoms with Crippen LogP contribution in [0.3, 0.4) is 0 Å². The van der Waals surface area contributed by atoms with Crippen molar-refractivity contribution in [2.45, 2.75) is 32.1 Å². The van der Waals surface area contributed by atoms with Crippen molar-refractivity contribution in [3.63, 3.8) is 0 Å². The number of phenols is 2. The topological polar surface area (TPSA) is 65.2 Å². The largest absolute Gasteiger partial charge is 0.507 e. The van der Waals surface area contributed by atoms with Gasteiger partial charge in [0.1, 0.15) is 11.5 Å². The average Bonchev–Trinajstić information content (AvgIpc) is 2.65. The van der Waals surface area contributed by atoms with Gasteiger partial charge in [-0.2, -0.15) is 0 Å². The molecule has 0 heterocycles. The van der Waals surface area contributed by atoms with Gasteiger partial charge in [0, 0.05) is 43.8 Å². The average molecular weight is 590 g/mol. The smallest absolute Gasteiger partial charge is 0.124 e. The van der Waals surface area contributed by atoms with Gasteiger partial charge in [0.15, 0.2) is 0 Å². The van der Waals surface area contributed by atoms with E-state index in [0.717, 1.165) is 57.0 Å². The second-order valence-electron chi connectivity index (χ2n) is 6.24. The lowest BCUT2D eigenvalue weighted by atomic mass is 10.1. The van der Waals surface area contributed by atoms with E-state index in [0.29, 0.717) is 0 Å². The molecule has 4 nitrogen and oxygen atoms in total. The number of hydrogen-bond acceptors (Lipinski definition) is 4. The molecule has 0 bridgehead atoms. The highest BCUT2D eigenvalue weighted by atomic mass is 127. The van der Waals surface area contributed by atoms with E-state index < -0.39 is 0 Å². The van der Waals surface area contributed by atoms with Crippen molar-refractivity contribution in [3.05, 3.63) is 54.7 Å². The zero-order valence-corrected chi connectivity index (χ0v) is 19.4. The molecule has 0 aliphatic rings. The summed E-state index contributed by atoms with van der Waals surface area (Å²) in [6.45, 7) is 1.57. The zero-order valence-electron chi connectivity index (χ0n) is 15.1. The minimum absolute atomic E-state index is 0.276. The Labute approximate surface area is 188 Å². The maximum Gasteiger partial charge on any atom is 0.124 e. The monoisotopic (exact) mass is 590 g/mol. The van der Waals surface area contributed by atoms with Crippen LogP contribution < -0.4 is 0 Å². The minimum Gasteiger partial charge on any atom is -0.507 e. The first-order valence-electron chi connectivity index (χ1n) is 9.03. The molecule has 6 heteroatoms. The number of halogens is 2. The van der Waals surface area contributed by atoms with Crippen LogP contribution in [0.2, 0.25) is 0 Å². The summed E-state index contributed by atoms with van der Waals surface area (Å²) >= 11 is 4.45. The Bertz CT molecular complexity index is 726. The molecule has 2 aromatic carbocycles. The highest BCUT2D eigenvalue weighted by Crippen LogP contribution is 2.18. The van der Waals surface area contributed by atoms with Gasteiger partial charge in [0.2, 0.25) is 0 Å². The Morgan fingerprint density at radius 1 is 0.667 bits per heavy atom. The lowest BCUT2D eigenvalue weighted by molar-refractivity contribution is 0.474. The predicted octanol–water partition coefficient (Wildman–Crippen LogP) is 5.80. The Kier molecular flexibility index (Phi) is 10.1. The van der Waals surface area contributed by atoms with E-state index in [1.807, 2.05) is 24.3 Å². The molecule has 0 radical (unpaired) electrons. The molecule has 0 fully saturated rings. The first kappa shape index (κ1) is 22.1. The molecule has 2 aromatic rings. The van der Waals surface area contributed by atoms with Crippen LogP contribution in [0.25, 0.3) is 0 Å². The van der Waals surface area contributed by atoms with E-state index in [1.165, 1.54) is 6.42 Å². The molecule has 0 saturated heterocycles. The first-order valence-corrected chi connectivity index (χ1v) is 11.2. The van der Waals surface area contributed by atoms with Crippen molar-refractivity contribution in [2.24, 2.45) is 9.98 Å². The second kappa shape index (κ2) is 12.3. The highest BCUT2D eigenvalue weighted by Gasteiger charge is 1.99. The van der Waals surface area contributed by atoms with Gasteiger partial charge in [-0.15, -0.1) is 0 Å². The lowest BCUT2D eigenvalue weighted by Crippen LogP contribution is -1.89. The Morgan fingerprint density at radius 2 is 1.07 bits per heavy atom. The van der Waals surface area contributed by atoms with Crippen LogP contribution >= 0.6 is 45.2 Å². The molecular weight excluding hydrogens is 566 g/mol. The molecule has 0 amide bonds. The van der Waals surface area contributed by atoms with Gasteiger partial charge in [0.05, 0.1) is 0 Å². The third-order valence-electron chi connectivity index (χ3n) is 4.01. The Morgan fingerprint density at radius 3 is 1.52 bits per heavy atom. The van der Waals surface area contributed by atoms with Crippen LogP contribution in [0.4, 0.5) is 0 Å². The molecule has 144 valence electrons. The normalized spacial score (nSPS) is 11.6. The highest BCUT2D eigenvalue weighted by molar-refractivity contribution is 14.1. The van der Waals surface area contributed by atoms with Crippen molar-refractivity contribution in [1.82, 2.24) is 0 Å². The fourth-order valence-electron chi connectivity index (χ4n) is 2.52. The van der Waals surface area contributed by atoms with Gasteiger partial charge in [0.25, 0.3) is 0 Å². The standard InChI is InChI=1S/C21H24I2N2O2/c22-18-6-8-20(26)16(12-18)14-24-10-4-2-1-3-5-11-25-15-17-13-19(23)7-9-21(17)27/h6-9,12-15,26-27H,1-5,10-11H2. The summed E-state index contributed by atoms with van der Waals surface area (Å²) < 4.78 is 2.18. The predicted molar refractivity (Wildman–Crippen MR) is 130 cm³/mol. The van der Waals surface area contributed by atoms with Crippen LogP contribution in [-0.4, -0.2) is 35.7 Å². The van der Waals surface area contributed by atoms with Gasteiger partial charge in [-0.3, -0.25) is 9.98 Å². The number of aromatic hydroxyl groups is 2. The zero-order chi connectivity index (χ0) is 19.5. The summed E-state index contributed by atoms with van der Waals surface area (Å²) in [5, 5.41) is 19.5. The van der Waals surface area contributed by atoms with Gasteiger partial charge in [-0.25, -0.2) is 0 Å². The summed E-state index contributed by atoms with van der Waals surface area (Å²) in [6, 6.07) is 11.0. The molecule has 0 atom stereocenters. The summed E-state index contributed by atoms with van der Waals surface area (Å²) in [7, 11) is 0. The van der Waals surface area contributed by atoms with E-state index in [9.17, 15) is 10.2 Å². The molecule has 0 unspecified atom stereocenters. The van der Waals surface area contributed by atoms with Gasteiger partial charge in [-0.1, -0.05) is 19.3 Å².